The Kier molecular flexibility index (Phi) is 18.7. The van der Waals surface area contributed by atoms with Gasteiger partial charge in [-0.25, -0.2) is 11.1 Å². The summed E-state index contributed by atoms with van der Waals surface area (Å²) >= 11 is 0. The van der Waals surface area contributed by atoms with E-state index in [9.17, 15) is 18.0 Å². The number of carbonyl (C=O) groups excluding carboxylic acids is 1. The normalized spacial score (nSPS) is 18.2. The van der Waals surface area contributed by atoms with Crippen molar-refractivity contribution >= 4 is 12.2 Å². The van der Waals surface area contributed by atoms with E-state index in [1.807, 2.05) is 17.1 Å². The van der Waals surface area contributed by atoms with Gasteiger partial charge in [-0.1, -0.05) is 67.1 Å². The van der Waals surface area contributed by atoms with Crippen molar-refractivity contribution in [2.45, 2.75) is 66.5 Å². The van der Waals surface area contributed by atoms with Crippen LogP contribution in [0.3, 0.4) is 0 Å². The number of rotatable bonds is 9. The Morgan fingerprint density at radius 1 is 1.21 bits per heavy atom. The van der Waals surface area contributed by atoms with E-state index in [4.69, 9.17) is 4.74 Å². The number of anilines is 1. The Labute approximate surface area is 322 Å². The fourth-order valence-electron chi connectivity index (χ4n) is 5.54. The van der Waals surface area contributed by atoms with Crippen molar-refractivity contribution in [3.8, 4) is 5.75 Å². The molecular formula is C37H43CdF3N3O2U-. The quantitative estimate of drug-likeness (QED) is 0.143. The molecular weight excluding hydrogens is 926 g/mol. The minimum Gasteiger partial charge on any atom is -0.508 e. The van der Waals surface area contributed by atoms with E-state index in [1.54, 1.807) is 30.9 Å². The van der Waals surface area contributed by atoms with Crippen LogP contribution in [0.25, 0.3) is 0 Å². The number of halogens is 3. The largest absolute Gasteiger partial charge is 2.00 e. The number of aryl methyl sites for hydroxylation is 1. The summed E-state index contributed by atoms with van der Waals surface area (Å²) in [6.45, 7) is 15.8. The third-order valence-corrected chi connectivity index (χ3v) is 7.91. The molecule has 5 nitrogen and oxygen atoms in total. The van der Waals surface area contributed by atoms with E-state index in [0.717, 1.165) is 12.5 Å². The molecule has 0 spiro atoms. The fraction of sp³-hybridized carbons (Fsp3) is 0.405. The number of hydrogen-bond acceptors (Lipinski definition) is 5. The molecule has 1 atom stereocenters. The molecule has 2 aliphatic rings. The van der Waals surface area contributed by atoms with E-state index in [2.05, 4.69) is 68.9 Å². The molecule has 0 radical (unpaired) electrons. The third-order valence-electron chi connectivity index (χ3n) is 7.91. The van der Waals surface area contributed by atoms with E-state index in [1.165, 1.54) is 48.6 Å². The minimum atomic E-state index is -4.45. The first-order valence-corrected chi connectivity index (χ1v) is 15.2. The molecule has 0 bridgehead atoms. The van der Waals surface area contributed by atoms with Gasteiger partial charge in [-0.15, -0.1) is 0 Å². The van der Waals surface area contributed by atoms with Gasteiger partial charge in [0.2, 0.25) is 5.95 Å². The Hall–Kier alpha value is -2.10. The first-order valence-electron chi connectivity index (χ1n) is 15.2. The summed E-state index contributed by atoms with van der Waals surface area (Å²) in [5.74, 6) is 0.314. The van der Waals surface area contributed by atoms with Gasteiger partial charge in [-0.2, -0.15) is 19.2 Å². The van der Waals surface area contributed by atoms with Gasteiger partial charge in [0.1, 0.15) is 5.75 Å². The Morgan fingerprint density at radius 2 is 1.94 bits per heavy atom. The Balaban J connectivity index is 0.000000473. The van der Waals surface area contributed by atoms with Gasteiger partial charge in [0.05, 0.1) is 12.2 Å². The molecule has 1 aromatic heterocycles. The van der Waals surface area contributed by atoms with E-state index >= 15 is 0 Å². The van der Waals surface area contributed by atoms with Crippen molar-refractivity contribution < 1.29 is 81.1 Å². The van der Waals surface area contributed by atoms with Crippen molar-refractivity contribution in [1.82, 2.24) is 9.97 Å². The second-order valence-corrected chi connectivity index (χ2v) is 12.1. The molecule has 4 rings (SSSR count). The maximum atomic E-state index is 13.0. The van der Waals surface area contributed by atoms with Crippen LogP contribution in [-0.2, 0) is 38.3 Å². The molecule has 2 aromatic rings. The maximum absolute atomic E-state index is 13.0. The molecule has 0 amide bonds. The number of alkyl halides is 3. The molecule has 1 saturated heterocycles. The molecule has 1 aliphatic carbocycles. The van der Waals surface area contributed by atoms with Gasteiger partial charge in [-0.3, -0.25) is 4.98 Å². The van der Waals surface area contributed by atoms with Crippen LogP contribution in [0.2, 0.25) is 0 Å². The number of para-hydroxylation sites is 1. The van der Waals surface area contributed by atoms with Crippen molar-refractivity contribution in [3.63, 3.8) is 0 Å². The maximum Gasteiger partial charge on any atom is 2.00 e. The zero-order chi connectivity index (χ0) is 33.0. The second-order valence-electron chi connectivity index (χ2n) is 12.1. The van der Waals surface area contributed by atoms with Crippen LogP contribution in [0.1, 0.15) is 70.3 Å². The van der Waals surface area contributed by atoms with Crippen molar-refractivity contribution in [1.29, 1.82) is 0 Å². The van der Waals surface area contributed by atoms with Gasteiger partial charge >= 0.3 is 37.3 Å². The van der Waals surface area contributed by atoms with Gasteiger partial charge in [0, 0.05) is 52.6 Å². The molecule has 1 unspecified atom stereocenters. The summed E-state index contributed by atoms with van der Waals surface area (Å²) in [6, 6.07) is 6.73. The molecule has 0 saturated carbocycles. The summed E-state index contributed by atoms with van der Waals surface area (Å²) in [5.41, 5.74) is 4.70. The molecule has 10 heteroatoms. The zero-order valence-corrected chi connectivity index (χ0v) is 36.3. The molecule has 47 heavy (non-hydrogen) atoms. The molecule has 1 aromatic carbocycles. The van der Waals surface area contributed by atoms with Crippen molar-refractivity contribution in [2.24, 2.45) is 11.3 Å². The van der Waals surface area contributed by atoms with Crippen LogP contribution in [0, 0.1) is 62.4 Å². The second kappa shape index (κ2) is 20.4. The molecule has 1 aliphatic heterocycles. The van der Waals surface area contributed by atoms with Crippen LogP contribution < -0.4 is 9.64 Å². The molecule has 0 N–H and O–H groups in total. The number of benzene rings is 1. The van der Waals surface area contributed by atoms with Gasteiger partial charge in [0.25, 0.3) is 0 Å². The fourth-order valence-corrected chi connectivity index (χ4v) is 5.54. The summed E-state index contributed by atoms with van der Waals surface area (Å²) in [6.07, 6.45) is 17.0. The van der Waals surface area contributed by atoms with E-state index in [0.29, 0.717) is 30.1 Å². The topological polar surface area (TPSA) is 55.3 Å². The third kappa shape index (κ3) is 13.7. The number of aromatic nitrogens is 2. The molecule has 1 fully saturated rings. The van der Waals surface area contributed by atoms with Crippen LogP contribution in [0.5, 0.6) is 5.75 Å². The SMILES string of the molecule is Cc1cc([C-]=O)nc(N2CCC(COc3ccccc3C(F)(F)F)C2)n1.[CH2-]C=[C-]/C=C/C=C(C)/C=C/C1=C(C)CCCC1(C)C.[Cd].[U+2]. The van der Waals surface area contributed by atoms with Gasteiger partial charge in [-0.05, 0) is 75.3 Å². The van der Waals surface area contributed by atoms with Crippen LogP contribution >= 0.6 is 0 Å². The monoisotopic (exact) mass is 970 g/mol. The molecule has 2 heterocycles. The Bertz CT molecular complexity index is 1460. The van der Waals surface area contributed by atoms with Crippen LogP contribution in [0.15, 0.2) is 83.5 Å². The summed E-state index contributed by atoms with van der Waals surface area (Å²) in [4.78, 5) is 21.2. The van der Waals surface area contributed by atoms with Crippen LogP contribution in [0.4, 0.5) is 19.1 Å². The van der Waals surface area contributed by atoms with Crippen molar-refractivity contribution in [2.75, 3.05) is 24.6 Å². The Morgan fingerprint density at radius 3 is 2.60 bits per heavy atom. The number of nitrogens with zero attached hydrogens (tertiary/aromatic N) is 3. The summed E-state index contributed by atoms with van der Waals surface area (Å²) in [5, 5.41) is 0. The van der Waals surface area contributed by atoms with Gasteiger partial charge < -0.3 is 33.5 Å². The first-order chi connectivity index (χ1) is 21.3. The number of hydrogen-bond donors (Lipinski definition) is 0. The standard InChI is InChI=1S/C19H26.C18H17F3N3O2.Cd.U/c1-6-7-8-9-11-16(2)13-14-18-17(3)12-10-15-19(18,4)5;1-12-8-14(10-25)23-17(22-12)24-7-6-13(9-24)11-26-16-5-3-2-4-15(16)18(19,20)21;;/h6,8-9,11,13-14H,1,10,12,15H2,2-5H3;2-5,8,13H,6-7,9,11H2,1H3;;/q-2;-1;;+2/b9-8+,14-13+,16-11+;;;. The number of ether oxygens (including phenoxy) is 1. The predicted molar refractivity (Wildman–Crippen MR) is 174 cm³/mol. The van der Waals surface area contributed by atoms with Gasteiger partial charge in [0.15, 0.2) is 0 Å². The average Bonchev–Trinajstić information content (AvgIpc) is 3.47. The number of allylic oxidation sites excluding steroid dienone is 10. The summed E-state index contributed by atoms with van der Waals surface area (Å²) < 4.78 is 44.5. The van der Waals surface area contributed by atoms with E-state index < -0.39 is 11.7 Å². The smallest absolute Gasteiger partial charge is 0.508 e. The van der Waals surface area contributed by atoms with Crippen LogP contribution in [-0.4, -0.2) is 36.0 Å². The van der Waals surface area contributed by atoms with E-state index in [-0.39, 0.29) is 82.4 Å². The van der Waals surface area contributed by atoms with Crippen molar-refractivity contribution in [3.05, 3.63) is 113 Å². The molecule has 246 valence electrons. The average molecular weight is 969 g/mol. The predicted octanol–water partition coefficient (Wildman–Crippen LogP) is 8.93. The summed E-state index contributed by atoms with van der Waals surface area (Å²) in [7, 11) is 0. The first kappa shape index (κ1) is 42.9. The zero-order valence-electron chi connectivity index (χ0n) is 28.1. The minimum absolute atomic E-state index is 0.